The van der Waals surface area contributed by atoms with Crippen molar-refractivity contribution in [3.63, 3.8) is 0 Å². The van der Waals surface area contributed by atoms with Gasteiger partial charge >= 0.3 is 6.09 Å². The summed E-state index contributed by atoms with van der Waals surface area (Å²) in [6, 6.07) is 15.7. The van der Waals surface area contributed by atoms with Gasteiger partial charge in [0.25, 0.3) is 0 Å². The van der Waals surface area contributed by atoms with E-state index in [0.717, 1.165) is 18.6 Å². The summed E-state index contributed by atoms with van der Waals surface area (Å²) in [6.45, 7) is 4.37. The monoisotopic (exact) mass is 369 g/mol. The van der Waals surface area contributed by atoms with Crippen LogP contribution in [0.25, 0.3) is 0 Å². The van der Waals surface area contributed by atoms with E-state index in [-0.39, 0.29) is 23.3 Å². The number of phenols is 1. The predicted octanol–water partition coefficient (Wildman–Crippen LogP) is 4.68. The van der Waals surface area contributed by atoms with Crippen LogP contribution in [0.5, 0.6) is 11.5 Å². The van der Waals surface area contributed by atoms with Crippen molar-refractivity contribution < 1.29 is 19.7 Å². The summed E-state index contributed by atoms with van der Waals surface area (Å²) in [5.74, 6) is 1.09. The maximum atomic E-state index is 10.6. The number of ether oxygens (including phenoxy) is 1. The molecule has 3 N–H and O–H groups in total. The van der Waals surface area contributed by atoms with Crippen LogP contribution in [0.4, 0.5) is 4.79 Å². The van der Waals surface area contributed by atoms with E-state index in [1.54, 1.807) is 12.1 Å². The van der Waals surface area contributed by atoms with Gasteiger partial charge in [0, 0.05) is 24.3 Å². The van der Waals surface area contributed by atoms with Gasteiger partial charge in [-0.3, -0.25) is 0 Å². The van der Waals surface area contributed by atoms with Crippen molar-refractivity contribution in [1.29, 1.82) is 0 Å². The van der Waals surface area contributed by atoms with Gasteiger partial charge in [-0.15, -0.1) is 0 Å². The summed E-state index contributed by atoms with van der Waals surface area (Å²) in [5.41, 5.74) is 2.32. The van der Waals surface area contributed by atoms with Gasteiger partial charge in [0.1, 0.15) is 17.6 Å². The second-order valence-corrected chi connectivity index (χ2v) is 7.22. The average molecular weight is 369 g/mol. The molecule has 5 nitrogen and oxygen atoms in total. The van der Waals surface area contributed by atoms with Gasteiger partial charge in [-0.2, -0.15) is 0 Å². The molecule has 1 saturated carbocycles. The normalized spacial score (nSPS) is 19.2. The summed E-state index contributed by atoms with van der Waals surface area (Å²) >= 11 is 0. The quantitative estimate of drug-likeness (QED) is 0.662. The molecule has 0 saturated heterocycles. The van der Waals surface area contributed by atoms with Crippen LogP contribution in [0, 0.1) is 0 Å². The van der Waals surface area contributed by atoms with Gasteiger partial charge in [0.15, 0.2) is 0 Å². The number of aromatic hydroxyl groups is 1. The fourth-order valence-corrected chi connectivity index (χ4v) is 4.01. The van der Waals surface area contributed by atoms with E-state index in [9.17, 15) is 9.90 Å². The first-order valence-electron chi connectivity index (χ1n) is 9.53. The maximum Gasteiger partial charge on any atom is 0.404 e. The van der Waals surface area contributed by atoms with Crippen LogP contribution in [0.3, 0.4) is 0 Å². The Balaban J connectivity index is 1.71. The maximum absolute atomic E-state index is 10.6. The van der Waals surface area contributed by atoms with E-state index >= 15 is 0 Å². The third kappa shape index (κ3) is 4.02. The smallest absolute Gasteiger partial charge is 0.404 e. The standard InChI is InChI=1S/C22H27NO4/c1-3-22(4-2,15-5-9-18(24)10-6-15)16-7-11-19(12-8-16)27-20-13-17(14-20)23-21(25)26/h5-12,17,20,23-24H,3-4,13-14H2,1-2H3,(H,25,26)/t17-,20+. The number of hydrogen-bond acceptors (Lipinski definition) is 3. The highest BCUT2D eigenvalue weighted by Crippen LogP contribution is 2.40. The van der Waals surface area contributed by atoms with Crippen LogP contribution >= 0.6 is 0 Å². The Kier molecular flexibility index (Phi) is 5.59. The first kappa shape index (κ1) is 19.1. The molecule has 1 amide bonds. The van der Waals surface area contributed by atoms with Crippen molar-refractivity contribution in [1.82, 2.24) is 5.32 Å². The molecule has 1 aliphatic carbocycles. The number of hydrogen-bond donors (Lipinski definition) is 3. The van der Waals surface area contributed by atoms with Crippen molar-refractivity contribution in [2.75, 3.05) is 0 Å². The Hall–Kier alpha value is -2.69. The Labute approximate surface area is 160 Å². The molecule has 0 bridgehead atoms. The molecule has 0 atom stereocenters. The summed E-state index contributed by atoms with van der Waals surface area (Å²) in [6.07, 6.45) is 2.41. The minimum atomic E-state index is -0.979. The van der Waals surface area contributed by atoms with Crippen molar-refractivity contribution in [2.24, 2.45) is 0 Å². The Morgan fingerprint density at radius 1 is 1.04 bits per heavy atom. The molecule has 0 unspecified atom stereocenters. The fraction of sp³-hybridized carbons (Fsp3) is 0.409. The molecule has 1 aliphatic rings. The molecule has 27 heavy (non-hydrogen) atoms. The third-order valence-corrected chi connectivity index (χ3v) is 5.76. The number of carboxylic acid groups (broad SMARTS) is 1. The zero-order valence-electron chi connectivity index (χ0n) is 15.8. The van der Waals surface area contributed by atoms with Crippen LogP contribution in [0.1, 0.15) is 50.7 Å². The Morgan fingerprint density at radius 2 is 1.56 bits per heavy atom. The molecular formula is C22H27NO4. The minimum absolute atomic E-state index is 0.00546. The summed E-state index contributed by atoms with van der Waals surface area (Å²) < 4.78 is 5.95. The van der Waals surface area contributed by atoms with E-state index < -0.39 is 6.09 Å². The molecule has 2 aromatic carbocycles. The SMILES string of the molecule is CCC(CC)(c1ccc(O)cc1)c1ccc(O[C@H]2C[C@@H](NC(=O)O)C2)cc1. The minimum Gasteiger partial charge on any atom is -0.508 e. The highest BCUT2D eigenvalue weighted by molar-refractivity contribution is 5.65. The number of nitrogens with one attached hydrogen (secondary N) is 1. The van der Waals surface area contributed by atoms with Crippen LogP contribution in [-0.2, 0) is 5.41 Å². The van der Waals surface area contributed by atoms with Gasteiger partial charge in [-0.1, -0.05) is 38.1 Å². The van der Waals surface area contributed by atoms with Crippen LogP contribution in [0.15, 0.2) is 48.5 Å². The molecular weight excluding hydrogens is 342 g/mol. The lowest BCUT2D eigenvalue weighted by molar-refractivity contribution is 0.0833. The average Bonchev–Trinajstić information content (AvgIpc) is 2.63. The van der Waals surface area contributed by atoms with Gasteiger partial charge in [-0.25, -0.2) is 4.79 Å². The highest BCUT2D eigenvalue weighted by Gasteiger charge is 2.33. The molecule has 3 rings (SSSR count). The topological polar surface area (TPSA) is 78.8 Å². The summed E-state index contributed by atoms with van der Waals surface area (Å²) in [5, 5.41) is 20.8. The second kappa shape index (κ2) is 7.91. The third-order valence-electron chi connectivity index (χ3n) is 5.76. The van der Waals surface area contributed by atoms with Crippen molar-refractivity contribution >= 4 is 6.09 Å². The first-order chi connectivity index (χ1) is 13.0. The number of carbonyl (C=O) groups is 1. The first-order valence-corrected chi connectivity index (χ1v) is 9.53. The van der Waals surface area contributed by atoms with E-state index in [0.29, 0.717) is 12.8 Å². The fourth-order valence-electron chi connectivity index (χ4n) is 4.01. The lowest BCUT2D eigenvalue weighted by Gasteiger charge is -2.35. The summed E-state index contributed by atoms with van der Waals surface area (Å²) in [4.78, 5) is 10.6. The molecule has 144 valence electrons. The number of benzene rings is 2. The van der Waals surface area contributed by atoms with Crippen LogP contribution in [0.2, 0.25) is 0 Å². The largest absolute Gasteiger partial charge is 0.508 e. The van der Waals surface area contributed by atoms with Crippen LogP contribution in [-0.4, -0.2) is 28.5 Å². The molecule has 0 radical (unpaired) electrons. The molecule has 2 aromatic rings. The Bertz CT molecular complexity index is 760. The number of amides is 1. The van der Waals surface area contributed by atoms with Crippen molar-refractivity contribution in [2.45, 2.75) is 57.1 Å². The van der Waals surface area contributed by atoms with Gasteiger partial charge in [-0.05, 0) is 48.2 Å². The zero-order chi connectivity index (χ0) is 19.4. The van der Waals surface area contributed by atoms with Crippen molar-refractivity contribution in [3.8, 4) is 11.5 Å². The van der Waals surface area contributed by atoms with E-state index in [2.05, 4.69) is 31.3 Å². The van der Waals surface area contributed by atoms with E-state index in [1.807, 2.05) is 24.3 Å². The van der Waals surface area contributed by atoms with Gasteiger partial charge in [0.05, 0.1) is 0 Å². The molecule has 0 aromatic heterocycles. The zero-order valence-corrected chi connectivity index (χ0v) is 15.8. The van der Waals surface area contributed by atoms with Crippen molar-refractivity contribution in [3.05, 3.63) is 59.7 Å². The Morgan fingerprint density at radius 3 is 2.04 bits per heavy atom. The lowest BCUT2D eigenvalue weighted by atomic mass is 9.70. The molecule has 1 fully saturated rings. The highest BCUT2D eigenvalue weighted by atomic mass is 16.5. The van der Waals surface area contributed by atoms with Gasteiger partial charge in [0.2, 0.25) is 0 Å². The van der Waals surface area contributed by atoms with E-state index in [4.69, 9.17) is 9.84 Å². The molecule has 0 spiro atoms. The number of phenolic OH excluding ortho intramolecular Hbond substituents is 1. The second-order valence-electron chi connectivity index (χ2n) is 7.22. The molecule has 0 heterocycles. The predicted molar refractivity (Wildman–Crippen MR) is 105 cm³/mol. The van der Waals surface area contributed by atoms with E-state index in [1.165, 1.54) is 11.1 Å². The summed E-state index contributed by atoms with van der Waals surface area (Å²) in [7, 11) is 0. The van der Waals surface area contributed by atoms with Gasteiger partial charge < -0.3 is 20.3 Å². The molecule has 0 aliphatic heterocycles. The van der Waals surface area contributed by atoms with Crippen LogP contribution < -0.4 is 10.1 Å². The number of rotatable bonds is 7. The molecule has 5 heteroatoms. The lowest BCUT2D eigenvalue weighted by Crippen LogP contribution is -2.48.